The molecule has 0 bridgehead atoms. The summed E-state index contributed by atoms with van der Waals surface area (Å²) in [6.45, 7) is 1.99. The van der Waals surface area contributed by atoms with E-state index in [9.17, 15) is 18.0 Å². The zero-order valence-electron chi connectivity index (χ0n) is 13.9. The third kappa shape index (κ3) is 5.41. The highest BCUT2D eigenvalue weighted by Gasteiger charge is 2.30. The normalized spacial score (nSPS) is 12.4. The summed E-state index contributed by atoms with van der Waals surface area (Å²) in [7, 11) is 1.57. The van der Waals surface area contributed by atoms with Crippen molar-refractivity contribution < 1.29 is 22.7 Å². The smallest absolute Gasteiger partial charge is 0.416 e. The summed E-state index contributed by atoms with van der Waals surface area (Å²) in [5.74, 6) is 0.475. The van der Waals surface area contributed by atoms with E-state index in [1.165, 1.54) is 12.1 Å². The molecule has 2 N–H and O–H groups in total. The lowest BCUT2D eigenvalue weighted by Gasteiger charge is -2.16. The van der Waals surface area contributed by atoms with Gasteiger partial charge in [0.25, 0.3) is 0 Å². The number of halogens is 3. The van der Waals surface area contributed by atoms with Gasteiger partial charge in [-0.2, -0.15) is 13.2 Å². The molecule has 0 radical (unpaired) electrons. The number of rotatable bonds is 6. The van der Waals surface area contributed by atoms with Crippen LogP contribution in [0.25, 0.3) is 0 Å². The SMILES string of the molecule is COc1ccc(CNC(=O)[C@H](C)Nc2ccc(C(F)(F)F)cc2)cc1. The lowest BCUT2D eigenvalue weighted by molar-refractivity contribution is -0.137. The van der Waals surface area contributed by atoms with Crippen molar-refractivity contribution in [3.05, 3.63) is 59.7 Å². The second-order valence-electron chi connectivity index (χ2n) is 5.51. The van der Waals surface area contributed by atoms with Gasteiger partial charge in [0.05, 0.1) is 12.7 Å². The number of carbonyl (C=O) groups is 1. The minimum atomic E-state index is -4.38. The van der Waals surface area contributed by atoms with Gasteiger partial charge in [0, 0.05) is 12.2 Å². The molecule has 0 aliphatic rings. The first kappa shape index (κ1) is 18.6. The highest BCUT2D eigenvalue weighted by Crippen LogP contribution is 2.29. The van der Waals surface area contributed by atoms with Gasteiger partial charge in [0.2, 0.25) is 5.91 Å². The summed E-state index contributed by atoms with van der Waals surface area (Å²) in [6.07, 6.45) is -4.38. The number of benzene rings is 2. The van der Waals surface area contributed by atoms with Crippen LogP contribution in [0.1, 0.15) is 18.1 Å². The molecule has 0 saturated heterocycles. The van der Waals surface area contributed by atoms with Crippen molar-refractivity contribution in [2.45, 2.75) is 25.7 Å². The van der Waals surface area contributed by atoms with Crippen molar-refractivity contribution in [3.8, 4) is 5.75 Å². The molecule has 0 unspecified atom stereocenters. The maximum atomic E-state index is 12.5. The van der Waals surface area contributed by atoms with E-state index < -0.39 is 17.8 Å². The van der Waals surface area contributed by atoms with Crippen LogP contribution in [0.5, 0.6) is 5.75 Å². The monoisotopic (exact) mass is 352 g/mol. The maximum absolute atomic E-state index is 12.5. The minimum absolute atomic E-state index is 0.254. The average Bonchev–Trinajstić information content (AvgIpc) is 2.59. The lowest BCUT2D eigenvalue weighted by atomic mass is 10.2. The number of methoxy groups -OCH3 is 1. The van der Waals surface area contributed by atoms with E-state index >= 15 is 0 Å². The zero-order valence-corrected chi connectivity index (χ0v) is 13.9. The van der Waals surface area contributed by atoms with Crippen molar-refractivity contribution in [3.63, 3.8) is 0 Å². The van der Waals surface area contributed by atoms with Crippen molar-refractivity contribution in [2.75, 3.05) is 12.4 Å². The van der Waals surface area contributed by atoms with Gasteiger partial charge >= 0.3 is 6.18 Å². The fraction of sp³-hybridized carbons (Fsp3) is 0.278. The number of hydrogen-bond acceptors (Lipinski definition) is 3. The number of amides is 1. The molecule has 0 saturated carbocycles. The Labute approximate surface area is 144 Å². The van der Waals surface area contributed by atoms with Gasteiger partial charge in [-0.3, -0.25) is 4.79 Å². The van der Waals surface area contributed by atoms with Crippen LogP contribution in [0.15, 0.2) is 48.5 Å². The molecule has 4 nitrogen and oxygen atoms in total. The fourth-order valence-electron chi connectivity index (χ4n) is 2.16. The van der Waals surface area contributed by atoms with Gasteiger partial charge in [-0.1, -0.05) is 12.1 Å². The molecule has 1 amide bonds. The van der Waals surface area contributed by atoms with E-state index in [-0.39, 0.29) is 5.91 Å². The molecule has 0 fully saturated rings. The van der Waals surface area contributed by atoms with Crippen LogP contribution in [-0.4, -0.2) is 19.1 Å². The van der Waals surface area contributed by atoms with Crippen LogP contribution in [0, 0.1) is 0 Å². The van der Waals surface area contributed by atoms with Gasteiger partial charge in [0.1, 0.15) is 11.8 Å². The summed E-state index contributed by atoms with van der Waals surface area (Å²) in [5.41, 5.74) is 0.630. The Balaban J connectivity index is 1.87. The molecule has 0 spiro atoms. The predicted octanol–water partition coefficient (Wildman–Crippen LogP) is 3.83. The Kier molecular flexibility index (Phi) is 5.90. The van der Waals surface area contributed by atoms with Crippen LogP contribution >= 0.6 is 0 Å². The Hall–Kier alpha value is -2.70. The third-order valence-electron chi connectivity index (χ3n) is 3.61. The molecule has 0 aliphatic carbocycles. The molecule has 2 aromatic carbocycles. The number of alkyl halides is 3. The first-order valence-corrected chi connectivity index (χ1v) is 7.64. The average molecular weight is 352 g/mol. The Morgan fingerprint density at radius 3 is 2.20 bits per heavy atom. The largest absolute Gasteiger partial charge is 0.497 e. The minimum Gasteiger partial charge on any atom is -0.497 e. The van der Waals surface area contributed by atoms with E-state index in [4.69, 9.17) is 4.74 Å². The van der Waals surface area contributed by atoms with Gasteiger partial charge in [-0.05, 0) is 48.9 Å². The molecule has 0 aromatic heterocycles. The molecular weight excluding hydrogens is 333 g/mol. The first-order chi connectivity index (χ1) is 11.8. The lowest BCUT2D eigenvalue weighted by Crippen LogP contribution is -2.37. The molecular formula is C18H19F3N2O2. The summed E-state index contributed by atoms with van der Waals surface area (Å²) in [4.78, 5) is 12.1. The Morgan fingerprint density at radius 1 is 1.08 bits per heavy atom. The summed E-state index contributed by atoms with van der Waals surface area (Å²) < 4.78 is 42.6. The molecule has 2 rings (SSSR count). The quantitative estimate of drug-likeness (QED) is 0.831. The number of nitrogens with one attached hydrogen (secondary N) is 2. The van der Waals surface area contributed by atoms with Crippen LogP contribution in [0.4, 0.5) is 18.9 Å². The fourth-order valence-corrected chi connectivity index (χ4v) is 2.16. The number of hydrogen-bond donors (Lipinski definition) is 2. The van der Waals surface area contributed by atoms with E-state index in [2.05, 4.69) is 10.6 Å². The molecule has 0 aliphatic heterocycles. The molecule has 1 atom stereocenters. The van der Waals surface area contributed by atoms with E-state index in [0.29, 0.717) is 12.2 Å². The second kappa shape index (κ2) is 7.92. The number of anilines is 1. The molecule has 0 heterocycles. The number of ether oxygens (including phenoxy) is 1. The topological polar surface area (TPSA) is 50.4 Å². The highest BCUT2D eigenvalue weighted by molar-refractivity contribution is 5.84. The second-order valence-corrected chi connectivity index (χ2v) is 5.51. The van der Waals surface area contributed by atoms with Gasteiger partial charge in [0.15, 0.2) is 0 Å². The summed E-state index contributed by atoms with van der Waals surface area (Å²) >= 11 is 0. The van der Waals surface area contributed by atoms with E-state index in [1.807, 2.05) is 12.1 Å². The Bertz CT molecular complexity index is 698. The Morgan fingerprint density at radius 2 is 1.68 bits per heavy atom. The predicted molar refractivity (Wildman–Crippen MR) is 89.4 cm³/mol. The van der Waals surface area contributed by atoms with Gasteiger partial charge in [-0.25, -0.2) is 0 Å². The summed E-state index contributed by atoms with van der Waals surface area (Å²) in [5, 5.41) is 5.65. The van der Waals surface area contributed by atoms with Crippen LogP contribution in [0.2, 0.25) is 0 Å². The van der Waals surface area contributed by atoms with Crippen molar-refractivity contribution in [1.82, 2.24) is 5.32 Å². The van der Waals surface area contributed by atoms with Gasteiger partial charge < -0.3 is 15.4 Å². The van der Waals surface area contributed by atoms with Crippen molar-refractivity contribution in [2.24, 2.45) is 0 Å². The van der Waals surface area contributed by atoms with Gasteiger partial charge in [-0.15, -0.1) is 0 Å². The molecule has 2 aromatic rings. The molecule has 134 valence electrons. The standard InChI is InChI=1S/C18H19F3N2O2/c1-12(23-15-7-5-14(6-8-15)18(19,20)21)17(24)22-11-13-3-9-16(25-2)10-4-13/h3-10,12,23H,11H2,1-2H3,(H,22,24)/t12-/m0/s1. The van der Waals surface area contributed by atoms with E-state index in [1.54, 1.807) is 26.2 Å². The van der Waals surface area contributed by atoms with Crippen molar-refractivity contribution in [1.29, 1.82) is 0 Å². The maximum Gasteiger partial charge on any atom is 0.416 e. The molecule has 7 heteroatoms. The number of carbonyl (C=O) groups excluding carboxylic acids is 1. The molecule has 25 heavy (non-hydrogen) atoms. The third-order valence-corrected chi connectivity index (χ3v) is 3.61. The van der Waals surface area contributed by atoms with Crippen molar-refractivity contribution >= 4 is 11.6 Å². The van der Waals surface area contributed by atoms with E-state index in [0.717, 1.165) is 23.4 Å². The zero-order chi connectivity index (χ0) is 18.4. The van der Waals surface area contributed by atoms with Crippen LogP contribution in [0.3, 0.4) is 0 Å². The van der Waals surface area contributed by atoms with Crippen LogP contribution in [-0.2, 0) is 17.5 Å². The summed E-state index contributed by atoms with van der Waals surface area (Å²) in [6, 6.07) is 11.2. The first-order valence-electron chi connectivity index (χ1n) is 7.64. The highest BCUT2D eigenvalue weighted by atomic mass is 19.4. The van der Waals surface area contributed by atoms with Crippen LogP contribution < -0.4 is 15.4 Å².